The van der Waals surface area contributed by atoms with Crippen molar-refractivity contribution in [3.63, 3.8) is 0 Å². The molecule has 0 aromatic carbocycles. The van der Waals surface area contributed by atoms with Crippen LogP contribution in [0.25, 0.3) is 0 Å². The van der Waals surface area contributed by atoms with Gasteiger partial charge in [0.05, 0.1) is 31.0 Å². The van der Waals surface area contributed by atoms with Gasteiger partial charge in [-0.05, 0) is 36.8 Å². The lowest BCUT2D eigenvalue weighted by Crippen LogP contribution is -2.62. The third kappa shape index (κ3) is 2.52. The minimum Gasteiger partial charge on any atom is -0.472 e. The Bertz CT molecular complexity index is 887. The highest BCUT2D eigenvalue weighted by Crippen LogP contribution is 2.66. The Labute approximate surface area is 168 Å². The van der Waals surface area contributed by atoms with Gasteiger partial charge in [-0.15, -0.1) is 0 Å². The first-order valence-electron chi connectivity index (χ1n) is 10.1. The zero-order valence-corrected chi connectivity index (χ0v) is 16.5. The Morgan fingerprint density at radius 3 is 2.79 bits per heavy atom. The maximum absolute atomic E-state index is 13.0. The molecule has 5 rings (SSSR count). The van der Waals surface area contributed by atoms with Crippen LogP contribution in [0.15, 0.2) is 35.2 Å². The summed E-state index contributed by atoms with van der Waals surface area (Å²) in [4.78, 5) is 37.4. The van der Waals surface area contributed by atoms with Crippen LogP contribution in [-0.2, 0) is 28.6 Å². The summed E-state index contributed by atoms with van der Waals surface area (Å²) >= 11 is 0. The molecule has 1 spiro atoms. The van der Waals surface area contributed by atoms with Gasteiger partial charge in [-0.1, -0.05) is 13.0 Å². The summed E-state index contributed by atoms with van der Waals surface area (Å²) in [6.07, 6.45) is 7.70. The number of furan rings is 1. The molecule has 0 N–H and O–H groups in total. The van der Waals surface area contributed by atoms with Crippen molar-refractivity contribution < 1.29 is 33.0 Å². The fraction of sp³-hybridized carbons (Fsp3) is 0.591. The standard InChI is InChI=1S/C22H24O7/c1-12(23)28-16-4-3-15-19(24)27-11-22(15)7-5-14-20(25)29-17(13-6-8-26-10-13)9-21(14,2)18(16)22/h3-4,6,8,10,14-18H,5,7,9,11H2,1-2H3/t14-,15+,16-,17-,18-,21+,22-/m1/s1. The number of rotatable bonds is 2. The molecule has 3 fully saturated rings. The first kappa shape index (κ1) is 18.5. The van der Waals surface area contributed by atoms with Crippen molar-refractivity contribution in [2.45, 2.75) is 45.3 Å². The van der Waals surface area contributed by atoms with Gasteiger partial charge in [0.2, 0.25) is 0 Å². The van der Waals surface area contributed by atoms with Crippen LogP contribution < -0.4 is 0 Å². The molecule has 2 saturated heterocycles. The number of esters is 3. The summed E-state index contributed by atoms with van der Waals surface area (Å²) in [6, 6.07) is 1.80. The van der Waals surface area contributed by atoms with Crippen molar-refractivity contribution >= 4 is 17.9 Å². The number of cyclic esters (lactones) is 2. The van der Waals surface area contributed by atoms with E-state index < -0.39 is 23.0 Å². The Morgan fingerprint density at radius 2 is 2.07 bits per heavy atom. The van der Waals surface area contributed by atoms with E-state index in [1.807, 2.05) is 12.2 Å². The molecule has 29 heavy (non-hydrogen) atoms. The molecule has 2 aliphatic heterocycles. The second kappa shape index (κ2) is 6.21. The molecule has 0 amide bonds. The molecule has 4 aliphatic rings. The van der Waals surface area contributed by atoms with E-state index in [0.717, 1.165) is 5.56 Å². The average Bonchev–Trinajstić information content (AvgIpc) is 3.29. The number of hydrogen-bond acceptors (Lipinski definition) is 7. The average molecular weight is 400 g/mol. The van der Waals surface area contributed by atoms with Crippen LogP contribution in [0.4, 0.5) is 0 Å². The van der Waals surface area contributed by atoms with Gasteiger partial charge in [0, 0.05) is 23.8 Å². The van der Waals surface area contributed by atoms with E-state index in [4.69, 9.17) is 18.6 Å². The maximum atomic E-state index is 13.0. The van der Waals surface area contributed by atoms with E-state index in [1.165, 1.54) is 6.92 Å². The molecule has 7 heteroatoms. The predicted octanol–water partition coefficient (Wildman–Crippen LogP) is 2.96. The fourth-order valence-corrected chi connectivity index (χ4v) is 6.47. The van der Waals surface area contributed by atoms with Gasteiger partial charge >= 0.3 is 17.9 Å². The van der Waals surface area contributed by atoms with Gasteiger partial charge in [0.1, 0.15) is 12.2 Å². The number of hydrogen-bond donors (Lipinski definition) is 0. The van der Waals surface area contributed by atoms with Crippen molar-refractivity contribution in [2.75, 3.05) is 6.61 Å². The lowest BCUT2D eigenvalue weighted by Gasteiger charge is -2.60. The Hall–Kier alpha value is -2.57. The first-order chi connectivity index (χ1) is 13.8. The molecular weight excluding hydrogens is 376 g/mol. The lowest BCUT2D eigenvalue weighted by molar-refractivity contribution is -0.208. The van der Waals surface area contributed by atoms with Crippen LogP contribution in [0, 0.1) is 28.6 Å². The minimum absolute atomic E-state index is 0.221. The summed E-state index contributed by atoms with van der Waals surface area (Å²) in [7, 11) is 0. The molecule has 0 unspecified atom stereocenters. The molecule has 1 aromatic rings. The van der Waals surface area contributed by atoms with Gasteiger partial charge in [-0.3, -0.25) is 14.4 Å². The van der Waals surface area contributed by atoms with E-state index in [2.05, 4.69) is 6.92 Å². The summed E-state index contributed by atoms with van der Waals surface area (Å²) in [5, 5.41) is 0. The fourth-order valence-electron chi connectivity index (χ4n) is 6.47. The third-order valence-corrected chi connectivity index (χ3v) is 7.59. The zero-order chi connectivity index (χ0) is 20.4. The largest absolute Gasteiger partial charge is 0.472 e. The van der Waals surface area contributed by atoms with Gasteiger partial charge in [-0.2, -0.15) is 0 Å². The summed E-state index contributed by atoms with van der Waals surface area (Å²) in [5.41, 5.74) is -0.189. The van der Waals surface area contributed by atoms with Crippen LogP contribution in [0.1, 0.15) is 44.8 Å². The molecule has 2 aliphatic carbocycles. The normalized spacial score (nSPS) is 42.9. The topological polar surface area (TPSA) is 92.0 Å². The van der Waals surface area contributed by atoms with Crippen LogP contribution in [-0.4, -0.2) is 30.6 Å². The molecule has 7 atom stereocenters. The van der Waals surface area contributed by atoms with Crippen LogP contribution in [0.5, 0.6) is 0 Å². The van der Waals surface area contributed by atoms with Crippen molar-refractivity contribution in [1.82, 2.24) is 0 Å². The Morgan fingerprint density at radius 1 is 1.24 bits per heavy atom. The van der Waals surface area contributed by atoms with E-state index in [0.29, 0.717) is 19.3 Å². The van der Waals surface area contributed by atoms with E-state index in [9.17, 15) is 14.4 Å². The molecule has 0 radical (unpaired) electrons. The maximum Gasteiger partial charge on any atom is 0.313 e. The highest BCUT2D eigenvalue weighted by atomic mass is 16.6. The molecule has 3 heterocycles. The zero-order valence-electron chi connectivity index (χ0n) is 16.5. The van der Waals surface area contributed by atoms with E-state index >= 15 is 0 Å². The summed E-state index contributed by atoms with van der Waals surface area (Å²) in [5.74, 6) is -1.77. The summed E-state index contributed by atoms with van der Waals surface area (Å²) in [6.45, 7) is 3.75. The van der Waals surface area contributed by atoms with Gasteiger partial charge in [-0.25, -0.2) is 0 Å². The van der Waals surface area contributed by atoms with Gasteiger partial charge in [0.15, 0.2) is 0 Å². The smallest absolute Gasteiger partial charge is 0.313 e. The van der Waals surface area contributed by atoms with Gasteiger partial charge < -0.3 is 18.6 Å². The van der Waals surface area contributed by atoms with Crippen molar-refractivity contribution in [3.8, 4) is 0 Å². The van der Waals surface area contributed by atoms with Crippen LogP contribution in [0.3, 0.4) is 0 Å². The Balaban J connectivity index is 1.61. The molecule has 7 nitrogen and oxygen atoms in total. The molecule has 1 saturated carbocycles. The van der Waals surface area contributed by atoms with Crippen LogP contribution >= 0.6 is 0 Å². The minimum atomic E-state index is -0.521. The van der Waals surface area contributed by atoms with Gasteiger partial charge in [0.25, 0.3) is 0 Å². The highest BCUT2D eigenvalue weighted by molar-refractivity contribution is 5.80. The van der Waals surface area contributed by atoms with E-state index in [-0.39, 0.29) is 42.3 Å². The third-order valence-electron chi connectivity index (χ3n) is 7.59. The second-order valence-corrected chi connectivity index (χ2v) is 9.04. The monoisotopic (exact) mass is 400 g/mol. The summed E-state index contributed by atoms with van der Waals surface area (Å²) < 4.78 is 22.2. The quantitative estimate of drug-likeness (QED) is 0.428. The number of carbonyl (C=O) groups is 3. The number of carbonyl (C=O) groups excluding carboxylic acids is 3. The highest BCUT2D eigenvalue weighted by Gasteiger charge is 2.69. The molecule has 1 aromatic heterocycles. The second-order valence-electron chi connectivity index (χ2n) is 9.04. The van der Waals surface area contributed by atoms with Crippen molar-refractivity contribution in [1.29, 1.82) is 0 Å². The number of ether oxygens (including phenoxy) is 3. The SMILES string of the molecule is CC(=O)O[C@@H]1C=C[C@H]2C(=O)OC[C@]23CC[C@@H]2C(=O)O[C@@H](c4ccoc4)C[C@]2(C)[C@@H]13. The number of fused-ring (bicyclic) bond motifs is 2. The Kier molecular flexibility index (Phi) is 3.95. The van der Waals surface area contributed by atoms with Crippen molar-refractivity contribution in [3.05, 3.63) is 36.3 Å². The first-order valence-corrected chi connectivity index (χ1v) is 10.1. The van der Waals surface area contributed by atoms with Crippen LogP contribution in [0.2, 0.25) is 0 Å². The van der Waals surface area contributed by atoms with E-state index in [1.54, 1.807) is 18.6 Å². The predicted molar refractivity (Wildman–Crippen MR) is 98.1 cm³/mol. The lowest BCUT2D eigenvalue weighted by atomic mass is 9.44. The molecule has 0 bridgehead atoms. The van der Waals surface area contributed by atoms with Crippen molar-refractivity contribution in [2.24, 2.45) is 28.6 Å². The molecular formula is C22H24O7. The molecule has 154 valence electrons.